The van der Waals surface area contributed by atoms with Crippen molar-refractivity contribution in [1.29, 1.82) is 4.78 Å². The van der Waals surface area contributed by atoms with Gasteiger partial charge in [-0.15, -0.1) is 0 Å². The molecule has 0 spiro atoms. The minimum atomic E-state index is -4.01. The standard InChI is InChI=1S/C23H26BrClFN3O4S2/c1-16(9-14-34(2,27)31)28-22(30)23(26)10-12-29(13-11-23)35(32,33)21-8-7-17(24)15-19(21)18-5-3-4-6-20(18)25/h3-9,14-16,27H,10-13H2,1-2H3,(H,28,30)/b14-9-/t16-,34-/m1/s1. The number of amides is 1. The molecule has 1 aliphatic rings. The fourth-order valence-electron chi connectivity index (χ4n) is 3.72. The summed E-state index contributed by atoms with van der Waals surface area (Å²) in [6.07, 6.45) is 1.98. The third-order valence-electron chi connectivity index (χ3n) is 5.63. The van der Waals surface area contributed by atoms with Crippen LogP contribution in [0.4, 0.5) is 4.39 Å². The molecule has 2 aromatic rings. The first-order chi connectivity index (χ1) is 16.2. The van der Waals surface area contributed by atoms with Crippen molar-refractivity contribution in [2.75, 3.05) is 19.3 Å². The number of alkyl halides is 1. The highest BCUT2D eigenvalue weighted by Gasteiger charge is 2.44. The molecule has 2 atom stereocenters. The van der Waals surface area contributed by atoms with E-state index in [0.29, 0.717) is 20.6 Å². The SMILES string of the molecule is C[C@H](/C=C\[S@](C)(=N)=O)NC(=O)C1(F)CCN(S(=O)(=O)c2ccc(Br)cc2-c2ccccc2Cl)CC1. The number of hydrogen-bond donors (Lipinski definition) is 2. The first-order valence-corrected chi connectivity index (χ1v) is 15.3. The van der Waals surface area contributed by atoms with Crippen LogP contribution in [0.5, 0.6) is 0 Å². The minimum absolute atomic E-state index is 0.0434. The van der Waals surface area contributed by atoms with Crippen LogP contribution < -0.4 is 5.32 Å². The van der Waals surface area contributed by atoms with Crippen LogP contribution in [-0.4, -0.2) is 53.9 Å². The summed E-state index contributed by atoms with van der Waals surface area (Å²) in [5, 5.41) is 4.05. The van der Waals surface area contributed by atoms with Crippen molar-refractivity contribution in [3.8, 4) is 11.1 Å². The van der Waals surface area contributed by atoms with Gasteiger partial charge in [-0.1, -0.05) is 51.8 Å². The summed E-state index contributed by atoms with van der Waals surface area (Å²) >= 11 is 9.71. The van der Waals surface area contributed by atoms with Crippen LogP contribution in [0.1, 0.15) is 19.8 Å². The average molecular weight is 607 g/mol. The fourth-order valence-corrected chi connectivity index (χ4v) is 6.48. The van der Waals surface area contributed by atoms with Gasteiger partial charge < -0.3 is 5.32 Å². The van der Waals surface area contributed by atoms with Crippen LogP contribution in [0.3, 0.4) is 0 Å². The van der Waals surface area contributed by atoms with E-state index in [1.54, 1.807) is 43.3 Å². The summed E-state index contributed by atoms with van der Waals surface area (Å²) in [5.41, 5.74) is -1.27. The molecule has 1 amide bonds. The highest BCUT2D eigenvalue weighted by molar-refractivity contribution is 9.10. The Hall–Kier alpha value is -1.79. The Balaban J connectivity index is 1.79. The molecule has 2 N–H and O–H groups in total. The molecular formula is C23H26BrClFN3O4S2. The molecule has 190 valence electrons. The number of piperidine rings is 1. The second-order valence-corrected chi connectivity index (χ2v) is 13.8. The van der Waals surface area contributed by atoms with E-state index in [9.17, 15) is 17.4 Å². The molecule has 7 nitrogen and oxygen atoms in total. The molecule has 0 radical (unpaired) electrons. The second kappa shape index (κ2) is 10.7. The Bertz CT molecular complexity index is 1360. The maximum Gasteiger partial charge on any atom is 0.258 e. The Kier molecular flexibility index (Phi) is 8.48. The summed E-state index contributed by atoms with van der Waals surface area (Å²) < 4.78 is 63.2. The van der Waals surface area contributed by atoms with Gasteiger partial charge in [0.05, 0.1) is 14.6 Å². The molecule has 12 heteroatoms. The van der Waals surface area contributed by atoms with Gasteiger partial charge in [-0.2, -0.15) is 4.31 Å². The fraction of sp³-hybridized carbons (Fsp3) is 0.348. The smallest absolute Gasteiger partial charge is 0.258 e. The van der Waals surface area contributed by atoms with Gasteiger partial charge in [0.1, 0.15) is 0 Å². The van der Waals surface area contributed by atoms with Crippen molar-refractivity contribution in [2.24, 2.45) is 0 Å². The summed E-state index contributed by atoms with van der Waals surface area (Å²) in [7, 11) is -6.89. The molecule has 3 rings (SSSR count). The van der Waals surface area contributed by atoms with Crippen molar-refractivity contribution in [1.82, 2.24) is 9.62 Å². The van der Waals surface area contributed by atoms with Gasteiger partial charge in [0, 0.05) is 64.3 Å². The predicted molar refractivity (Wildman–Crippen MR) is 140 cm³/mol. The van der Waals surface area contributed by atoms with E-state index in [0.717, 1.165) is 5.41 Å². The zero-order valence-electron chi connectivity index (χ0n) is 19.1. The van der Waals surface area contributed by atoms with Gasteiger partial charge in [-0.25, -0.2) is 21.8 Å². The molecule has 1 aliphatic heterocycles. The molecule has 35 heavy (non-hydrogen) atoms. The minimum Gasteiger partial charge on any atom is -0.347 e. The molecule has 1 saturated heterocycles. The highest BCUT2D eigenvalue weighted by atomic mass is 79.9. The van der Waals surface area contributed by atoms with Crippen molar-refractivity contribution < 1.29 is 21.8 Å². The summed E-state index contributed by atoms with van der Waals surface area (Å²) in [5.74, 6) is -0.861. The van der Waals surface area contributed by atoms with Gasteiger partial charge in [-0.05, 0) is 31.2 Å². The van der Waals surface area contributed by atoms with E-state index in [1.165, 1.54) is 22.7 Å². The summed E-state index contributed by atoms with van der Waals surface area (Å²) in [6, 6.07) is 11.0. The van der Waals surface area contributed by atoms with Crippen molar-refractivity contribution in [2.45, 2.75) is 36.4 Å². The first-order valence-electron chi connectivity index (χ1n) is 10.7. The second-order valence-electron chi connectivity index (χ2n) is 8.48. The number of benzene rings is 2. The third-order valence-corrected chi connectivity index (χ3v) is 9.09. The van der Waals surface area contributed by atoms with Gasteiger partial charge >= 0.3 is 0 Å². The number of hydrogen-bond acceptors (Lipinski definition) is 5. The number of rotatable bonds is 7. The normalized spacial score (nSPS) is 19.2. The molecule has 0 unspecified atom stereocenters. The van der Waals surface area contributed by atoms with Gasteiger partial charge in [0.25, 0.3) is 5.91 Å². The van der Waals surface area contributed by atoms with Crippen LogP contribution in [0, 0.1) is 4.78 Å². The van der Waals surface area contributed by atoms with Crippen LogP contribution in [0.15, 0.2) is 63.3 Å². The lowest BCUT2D eigenvalue weighted by atomic mass is 9.93. The van der Waals surface area contributed by atoms with Crippen LogP contribution in [0.2, 0.25) is 5.02 Å². The highest BCUT2D eigenvalue weighted by Crippen LogP contribution is 2.37. The number of nitrogens with zero attached hydrogens (tertiary/aromatic N) is 1. The average Bonchev–Trinajstić information content (AvgIpc) is 2.77. The lowest BCUT2D eigenvalue weighted by molar-refractivity contribution is -0.135. The zero-order chi connectivity index (χ0) is 26.0. The summed E-state index contributed by atoms with van der Waals surface area (Å²) in [6.45, 7) is 1.22. The summed E-state index contributed by atoms with van der Waals surface area (Å²) in [4.78, 5) is 12.6. The molecule has 0 aromatic heterocycles. The van der Waals surface area contributed by atoms with E-state index in [1.807, 2.05) is 0 Å². The van der Waals surface area contributed by atoms with E-state index < -0.39 is 37.4 Å². The molecule has 2 aromatic carbocycles. The topological polar surface area (TPSA) is 107 Å². The number of carbonyl (C=O) groups is 1. The quantitative estimate of drug-likeness (QED) is 0.465. The van der Waals surface area contributed by atoms with E-state index in [2.05, 4.69) is 21.2 Å². The molecular weight excluding hydrogens is 581 g/mol. The van der Waals surface area contributed by atoms with E-state index in [-0.39, 0.29) is 30.8 Å². The molecule has 1 heterocycles. The van der Waals surface area contributed by atoms with E-state index >= 15 is 4.39 Å². The number of carbonyl (C=O) groups excluding carboxylic acids is 1. The Morgan fingerprint density at radius 1 is 1.20 bits per heavy atom. The molecule has 1 fully saturated rings. The monoisotopic (exact) mass is 605 g/mol. The van der Waals surface area contributed by atoms with Crippen molar-refractivity contribution in [3.63, 3.8) is 0 Å². The van der Waals surface area contributed by atoms with Gasteiger partial charge in [-0.3, -0.25) is 4.79 Å². The Labute approximate surface area is 218 Å². The van der Waals surface area contributed by atoms with Crippen LogP contribution in [0.25, 0.3) is 11.1 Å². The number of halogens is 3. The van der Waals surface area contributed by atoms with Crippen LogP contribution >= 0.6 is 27.5 Å². The molecule has 0 aliphatic carbocycles. The Morgan fingerprint density at radius 3 is 2.43 bits per heavy atom. The number of sulfonamides is 1. The van der Waals surface area contributed by atoms with E-state index in [4.69, 9.17) is 16.4 Å². The Morgan fingerprint density at radius 2 is 1.83 bits per heavy atom. The maximum absolute atomic E-state index is 15.4. The van der Waals surface area contributed by atoms with Crippen molar-refractivity contribution >= 4 is 53.2 Å². The third kappa shape index (κ3) is 6.71. The maximum atomic E-state index is 15.4. The molecule has 0 bridgehead atoms. The van der Waals surface area contributed by atoms with Crippen molar-refractivity contribution in [3.05, 3.63) is 63.4 Å². The zero-order valence-corrected chi connectivity index (χ0v) is 23.1. The molecule has 0 saturated carbocycles. The largest absolute Gasteiger partial charge is 0.347 e. The lowest BCUT2D eigenvalue weighted by Crippen LogP contribution is -2.53. The van der Waals surface area contributed by atoms with Gasteiger partial charge in [0.2, 0.25) is 10.0 Å². The number of nitrogens with one attached hydrogen (secondary N) is 2. The first kappa shape index (κ1) is 27.8. The van der Waals surface area contributed by atoms with Crippen LogP contribution in [-0.2, 0) is 24.5 Å². The predicted octanol–water partition coefficient (Wildman–Crippen LogP) is 4.96. The lowest BCUT2D eigenvalue weighted by Gasteiger charge is -2.35. The van der Waals surface area contributed by atoms with Gasteiger partial charge in [0.15, 0.2) is 5.67 Å².